The number of carbonyl (C=O) groups is 2. The summed E-state index contributed by atoms with van der Waals surface area (Å²) in [7, 11) is 2.98. The van der Waals surface area contributed by atoms with E-state index in [4.69, 9.17) is 0 Å². The summed E-state index contributed by atoms with van der Waals surface area (Å²) >= 11 is 0. The van der Waals surface area contributed by atoms with Gasteiger partial charge in [-0.1, -0.05) is 6.08 Å². The van der Waals surface area contributed by atoms with Crippen LogP contribution >= 0.6 is 0 Å². The second-order valence-electron chi connectivity index (χ2n) is 7.17. The van der Waals surface area contributed by atoms with Crippen LogP contribution in [0.3, 0.4) is 0 Å². The molecule has 0 saturated carbocycles. The number of benzene rings is 1. The summed E-state index contributed by atoms with van der Waals surface area (Å²) < 4.78 is 4.01. The summed E-state index contributed by atoms with van der Waals surface area (Å²) in [5.74, 6) is -0.181. The SMILES string of the molecule is C=CCNC(=O)Nc1ccc(NC(=O)CCCn2cnc3c2c(=O)n(C)c(=O)n3C)cc1. The largest absolute Gasteiger partial charge is 0.334 e. The van der Waals surface area contributed by atoms with Crippen LogP contribution in [0.15, 0.2) is 52.8 Å². The number of nitrogens with zero attached hydrogens (tertiary/aromatic N) is 4. The number of aromatic nitrogens is 4. The second kappa shape index (κ2) is 9.77. The molecule has 2 aromatic heterocycles. The molecule has 0 unspecified atom stereocenters. The van der Waals surface area contributed by atoms with Gasteiger partial charge in [0.1, 0.15) is 0 Å². The van der Waals surface area contributed by atoms with Crippen molar-refractivity contribution in [2.24, 2.45) is 14.1 Å². The van der Waals surface area contributed by atoms with Gasteiger partial charge in [0.25, 0.3) is 5.56 Å². The van der Waals surface area contributed by atoms with E-state index in [-0.39, 0.29) is 18.4 Å². The van der Waals surface area contributed by atoms with Crippen molar-refractivity contribution in [3.8, 4) is 0 Å². The maximum absolute atomic E-state index is 12.4. The van der Waals surface area contributed by atoms with Crippen molar-refractivity contribution in [3.05, 3.63) is 64.1 Å². The second-order valence-corrected chi connectivity index (χ2v) is 7.17. The Hall–Kier alpha value is -4.15. The van der Waals surface area contributed by atoms with Crippen LogP contribution < -0.4 is 27.2 Å². The minimum absolute atomic E-state index is 0.181. The fourth-order valence-corrected chi connectivity index (χ4v) is 3.18. The molecule has 0 fully saturated rings. The van der Waals surface area contributed by atoms with Gasteiger partial charge in [0, 0.05) is 45.0 Å². The molecule has 0 aliphatic rings. The molecule has 3 rings (SSSR count). The van der Waals surface area contributed by atoms with Crippen LogP contribution in [0.5, 0.6) is 0 Å². The Morgan fingerprint density at radius 3 is 2.38 bits per heavy atom. The highest BCUT2D eigenvalue weighted by Crippen LogP contribution is 2.14. The van der Waals surface area contributed by atoms with Gasteiger partial charge in [0.2, 0.25) is 5.91 Å². The quantitative estimate of drug-likeness (QED) is 0.453. The lowest BCUT2D eigenvalue weighted by Crippen LogP contribution is -2.37. The Labute approximate surface area is 183 Å². The number of rotatable bonds is 8. The first kappa shape index (κ1) is 22.5. The first-order valence-electron chi connectivity index (χ1n) is 9.98. The van der Waals surface area contributed by atoms with E-state index in [9.17, 15) is 19.2 Å². The smallest absolute Gasteiger partial charge is 0.332 e. The highest BCUT2D eigenvalue weighted by Gasteiger charge is 2.14. The maximum atomic E-state index is 12.4. The number of nitrogens with one attached hydrogen (secondary N) is 3. The molecule has 0 atom stereocenters. The van der Waals surface area contributed by atoms with Gasteiger partial charge in [-0.05, 0) is 30.7 Å². The molecule has 2 heterocycles. The van der Waals surface area contributed by atoms with E-state index < -0.39 is 11.2 Å². The molecule has 0 radical (unpaired) electrons. The zero-order chi connectivity index (χ0) is 23.3. The average Bonchev–Trinajstić information content (AvgIpc) is 3.20. The standard InChI is InChI=1S/C21H25N7O4/c1-4-11-22-20(31)25-15-9-7-14(8-10-15)24-16(29)6-5-12-28-13-23-18-17(28)19(30)27(3)21(32)26(18)2/h4,7-10,13H,1,5-6,11-12H2,2-3H3,(H,24,29)(H2,22,25,31). The molecule has 1 aromatic carbocycles. The lowest BCUT2D eigenvalue weighted by atomic mass is 10.2. The molecule has 3 N–H and O–H groups in total. The number of hydrogen-bond acceptors (Lipinski definition) is 5. The van der Waals surface area contributed by atoms with Gasteiger partial charge >= 0.3 is 11.7 Å². The molecule has 3 aromatic rings. The summed E-state index contributed by atoms with van der Waals surface area (Å²) in [6.07, 6.45) is 3.79. The van der Waals surface area contributed by atoms with Crippen LogP contribution in [0, 0.1) is 0 Å². The van der Waals surface area contributed by atoms with E-state index in [1.165, 1.54) is 17.9 Å². The van der Waals surface area contributed by atoms with Crippen molar-refractivity contribution in [1.82, 2.24) is 24.0 Å². The highest BCUT2D eigenvalue weighted by atomic mass is 16.2. The van der Waals surface area contributed by atoms with Gasteiger partial charge in [-0.2, -0.15) is 0 Å². The Bertz CT molecular complexity index is 1270. The predicted molar refractivity (Wildman–Crippen MR) is 122 cm³/mol. The van der Waals surface area contributed by atoms with Crippen molar-refractivity contribution in [1.29, 1.82) is 0 Å². The summed E-state index contributed by atoms with van der Waals surface area (Å²) in [5, 5.41) is 8.07. The lowest BCUT2D eigenvalue weighted by Gasteiger charge is -2.09. The third kappa shape index (κ3) is 4.94. The molecule has 0 bridgehead atoms. The fourth-order valence-electron chi connectivity index (χ4n) is 3.18. The van der Waals surface area contributed by atoms with Gasteiger partial charge in [-0.3, -0.25) is 18.7 Å². The first-order valence-corrected chi connectivity index (χ1v) is 9.98. The number of aryl methyl sites for hydroxylation is 2. The molecule has 0 saturated heterocycles. The molecule has 32 heavy (non-hydrogen) atoms. The van der Waals surface area contributed by atoms with Crippen molar-refractivity contribution in [3.63, 3.8) is 0 Å². The van der Waals surface area contributed by atoms with Gasteiger partial charge in [-0.25, -0.2) is 14.6 Å². The average molecular weight is 439 g/mol. The number of imidazole rings is 1. The van der Waals surface area contributed by atoms with Crippen LogP contribution in [-0.2, 0) is 25.4 Å². The monoisotopic (exact) mass is 439 g/mol. The van der Waals surface area contributed by atoms with Crippen molar-refractivity contribution in [2.75, 3.05) is 17.2 Å². The lowest BCUT2D eigenvalue weighted by molar-refractivity contribution is -0.116. The molecule has 0 aliphatic heterocycles. The van der Waals surface area contributed by atoms with Crippen molar-refractivity contribution < 1.29 is 9.59 Å². The zero-order valence-corrected chi connectivity index (χ0v) is 17.9. The van der Waals surface area contributed by atoms with Crippen LogP contribution in [0.2, 0.25) is 0 Å². The molecular formula is C21H25N7O4. The van der Waals surface area contributed by atoms with E-state index in [2.05, 4.69) is 27.5 Å². The van der Waals surface area contributed by atoms with Crippen LogP contribution in [0.1, 0.15) is 12.8 Å². The molecule has 11 heteroatoms. The number of urea groups is 1. The summed E-state index contributed by atoms with van der Waals surface area (Å²) in [4.78, 5) is 52.5. The summed E-state index contributed by atoms with van der Waals surface area (Å²) in [6, 6.07) is 6.40. The van der Waals surface area contributed by atoms with E-state index in [1.54, 1.807) is 42.0 Å². The third-order valence-corrected chi connectivity index (χ3v) is 4.85. The van der Waals surface area contributed by atoms with Gasteiger partial charge in [-0.15, -0.1) is 6.58 Å². The predicted octanol–water partition coefficient (Wildman–Crippen LogP) is 1.16. The molecule has 11 nitrogen and oxygen atoms in total. The number of anilines is 2. The Balaban J connectivity index is 1.55. The Kier molecular flexibility index (Phi) is 6.88. The molecule has 168 valence electrons. The van der Waals surface area contributed by atoms with E-state index in [0.717, 1.165) is 4.57 Å². The van der Waals surface area contributed by atoms with E-state index in [0.29, 0.717) is 42.0 Å². The fraction of sp³-hybridized carbons (Fsp3) is 0.286. The molecule has 0 spiro atoms. The van der Waals surface area contributed by atoms with Gasteiger partial charge in [0.15, 0.2) is 11.2 Å². The van der Waals surface area contributed by atoms with Gasteiger partial charge in [0.05, 0.1) is 6.33 Å². The van der Waals surface area contributed by atoms with Gasteiger partial charge < -0.3 is 20.5 Å². The Morgan fingerprint density at radius 2 is 1.72 bits per heavy atom. The molecular weight excluding hydrogens is 414 g/mol. The topological polar surface area (TPSA) is 132 Å². The number of carbonyl (C=O) groups excluding carboxylic acids is 2. The Morgan fingerprint density at radius 1 is 1.06 bits per heavy atom. The minimum atomic E-state index is -0.439. The van der Waals surface area contributed by atoms with Crippen LogP contribution in [0.25, 0.3) is 11.2 Å². The van der Waals surface area contributed by atoms with Crippen molar-refractivity contribution in [2.45, 2.75) is 19.4 Å². The molecule has 0 aliphatic carbocycles. The third-order valence-electron chi connectivity index (χ3n) is 4.85. The number of fused-ring (bicyclic) bond motifs is 1. The zero-order valence-electron chi connectivity index (χ0n) is 17.9. The first-order chi connectivity index (χ1) is 15.3. The van der Waals surface area contributed by atoms with Crippen molar-refractivity contribution >= 4 is 34.5 Å². The summed E-state index contributed by atoms with van der Waals surface area (Å²) in [6.45, 7) is 4.29. The number of hydrogen-bond donors (Lipinski definition) is 3. The normalized spacial score (nSPS) is 10.7. The molecule has 3 amide bonds. The van der Waals surface area contributed by atoms with Crippen LogP contribution in [-0.4, -0.2) is 37.2 Å². The number of amides is 3. The van der Waals surface area contributed by atoms with Crippen LogP contribution in [0.4, 0.5) is 16.2 Å². The minimum Gasteiger partial charge on any atom is -0.334 e. The summed E-state index contributed by atoms with van der Waals surface area (Å²) in [5.41, 5.74) is 0.976. The maximum Gasteiger partial charge on any atom is 0.332 e. The van der Waals surface area contributed by atoms with E-state index >= 15 is 0 Å². The van der Waals surface area contributed by atoms with E-state index in [1.807, 2.05) is 0 Å². The highest BCUT2D eigenvalue weighted by molar-refractivity contribution is 5.92.